The largest absolute Gasteiger partial charge is 0.462 e. The summed E-state index contributed by atoms with van der Waals surface area (Å²) in [5.41, 5.74) is 0. The van der Waals surface area contributed by atoms with Crippen LogP contribution in [0.4, 0.5) is 0 Å². The van der Waals surface area contributed by atoms with E-state index in [1.54, 1.807) is 0 Å². The zero-order valence-electron chi connectivity index (χ0n) is 44.4. The van der Waals surface area contributed by atoms with Crippen LogP contribution in [-0.4, -0.2) is 37.2 Å². The monoisotopic (exact) mass is 937 g/mol. The first-order valence-corrected chi connectivity index (χ1v) is 28.8. The van der Waals surface area contributed by atoms with Crippen LogP contribution in [0.2, 0.25) is 0 Å². The maximum absolute atomic E-state index is 12.9. The summed E-state index contributed by atoms with van der Waals surface area (Å²) in [5, 5.41) is 0. The fraction of sp³-hybridized carbons (Fsp3) is 0.787. The van der Waals surface area contributed by atoms with Gasteiger partial charge in [0.1, 0.15) is 13.2 Å². The SMILES string of the molecule is CC/C=C/C/C=C/C/C=C/C/C=C/C/C=C/CCCC(=O)OC[C@@H](COC(=O)CCCCCCCCCCCCCCCCCC)OC(=O)CCCCCCCCCCCCCCCCCC. The maximum atomic E-state index is 12.9. The predicted octanol–water partition coefficient (Wildman–Crippen LogP) is 19.2. The highest BCUT2D eigenvalue weighted by molar-refractivity contribution is 5.71. The summed E-state index contributed by atoms with van der Waals surface area (Å²) in [6.07, 6.45) is 69.3. The van der Waals surface area contributed by atoms with Crippen molar-refractivity contribution < 1.29 is 28.6 Å². The third kappa shape index (κ3) is 53.9. The first-order valence-electron chi connectivity index (χ1n) is 28.8. The fourth-order valence-electron chi connectivity index (χ4n) is 8.24. The van der Waals surface area contributed by atoms with Crippen molar-refractivity contribution in [1.29, 1.82) is 0 Å². The van der Waals surface area contributed by atoms with Gasteiger partial charge in [-0.25, -0.2) is 0 Å². The van der Waals surface area contributed by atoms with E-state index < -0.39 is 6.10 Å². The molecule has 0 aromatic rings. The maximum Gasteiger partial charge on any atom is 0.306 e. The topological polar surface area (TPSA) is 78.9 Å². The molecule has 0 bridgehead atoms. The van der Waals surface area contributed by atoms with E-state index in [0.29, 0.717) is 19.3 Å². The highest BCUT2D eigenvalue weighted by Gasteiger charge is 2.19. The second-order valence-corrected chi connectivity index (χ2v) is 19.2. The minimum atomic E-state index is -0.793. The Bertz CT molecular complexity index is 1210. The highest BCUT2D eigenvalue weighted by Crippen LogP contribution is 2.17. The minimum absolute atomic E-state index is 0.0876. The van der Waals surface area contributed by atoms with Crippen molar-refractivity contribution in [2.24, 2.45) is 0 Å². The summed E-state index contributed by atoms with van der Waals surface area (Å²) in [6, 6.07) is 0. The van der Waals surface area contributed by atoms with Crippen LogP contribution in [0.3, 0.4) is 0 Å². The number of unbranched alkanes of at least 4 members (excludes halogenated alkanes) is 31. The predicted molar refractivity (Wildman–Crippen MR) is 288 cm³/mol. The van der Waals surface area contributed by atoms with E-state index in [1.165, 1.54) is 167 Å². The Balaban J connectivity index is 4.43. The lowest BCUT2D eigenvalue weighted by molar-refractivity contribution is -0.167. The standard InChI is InChI=1S/C61H108O6/c1-4-7-10-13-16-19-22-25-28-31-34-36-39-42-45-48-51-54-60(63)66-57-58(67-61(64)55-52-49-46-43-40-37-33-30-27-24-21-18-15-12-9-6-3)56-65-59(62)53-50-47-44-41-38-35-32-29-26-23-20-17-14-11-8-5-2/h7,10,16,19,25,28,34,36,42,45,58H,4-6,8-9,11-15,17-18,20-24,26-27,29-33,35,37-41,43-44,46-57H2,1-3H3/b10-7+,19-16+,28-25+,36-34+,45-42+/t58-/m1/s1. The Morgan fingerprint density at radius 2 is 0.582 bits per heavy atom. The average molecular weight is 938 g/mol. The molecule has 0 aromatic heterocycles. The van der Waals surface area contributed by atoms with Gasteiger partial charge in [-0.1, -0.05) is 274 Å². The summed E-state index contributed by atoms with van der Waals surface area (Å²) in [5.74, 6) is -0.933. The molecule has 6 nitrogen and oxygen atoms in total. The molecule has 0 aliphatic heterocycles. The number of ether oxygens (including phenoxy) is 3. The van der Waals surface area contributed by atoms with Gasteiger partial charge in [-0.2, -0.15) is 0 Å². The molecule has 0 saturated carbocycles. The van der Waals surface area contributed by atoms with Gasteiger partial charge in [0.05, 0.1) is 0 Å². The van der Waals surface area contributed by atoms with E-state index in [1.807, 2.05) is 0 Å². The molecule has 0 heterocycles. The average Bonchev–Trinajstić information content (AvgIpc) is 3.33. The van der Waals surface area contributed by atoms with Gasteiger partial charge >= 0.3 is 17.9 Å². The Labute approximate surface area is 415 Å². The van der Waals surface area contributed by atoms with Gasteiger partial charge in [-0.15, -0.1) is 0 Å². The summed E-state index contributed by atoms with van der Waals surface area (Å²) >= 11 is 0. The molecule has 0 amide bonds. The molecule has 0 N–H and O–H groups in total. The number of carbonyl (C=O) groups is 3. The number of carbonyl (C=O) groups excluding carboxylic acids is 3. The van der Waals surface area contributed by atoms with E-state index in [-0.39, 0.29) is 37.5 Å². The van der Waals surface area contributed by atoms with Crippen molar-refractivity contribution in [3.63, 3.8) is 0 Å². The summed E-state index contributed by atoms with van der Waals surface area (Å²) < 4.78 is 16.8. The molecule has 388 valence electrons. The molecule has 0 unspecified atom stereocenters. The number of esters is 3. The van der Waals surface area contributed by atoms with E-state index >= 15 is 0 Å². The lowest BCUT2D eigenvalue weighted by Gasteiger charge is -2.18. The quantitative estimate of drug-likeness (QED) is 0.0262. The van der Waals surface area contributed by atoms with Crippen molar-refractivity contribution in [3.8, 4) is 0 Å². The van der Waals surface area contributed by atoms with Crippen LogP contribution < -0.4 is 0 Å². The van der Waals surface area contributed by atoms with Crippen molar-refractivity contribution in [2.45, 2.75) is 297 Å². The molecule has 0 aliphatic carbocycles. The number of hydrogen-bond acceptors (Lipinski definition) is 6. The van der Waals surface area contributed by atoms with Crippen LogP contribution in [0.5, 0.6) is 0 Å². The molecule has 0 spiro atoms. The van der Waals surface area contributed by atoms with Gasteiger partial charge in [0, 0.05) is 19.3 Å². The van der Waals surface area contributed by atoms with Gasteiger partial charge < -0.3 is 14.2 Å². The third-order valence-corrected chi connectivity index (χ3v) is 12.5. The van der Waals surface area contributed by atoms with Crippen LogP contribution in [0.15, 0.2) is 60.8 Å². The molecule has 0 fully saturated rings. The third-order valence-electron chi connectivity index (χ3n) is 12.5. The molecular formula is C61H108O6. The van der Waals surface area contributed by atoms with Crippen molar-refractivity contribution in [2.75, 3.05) is 13.2 Å². The molecule has 0 radical (unpaired) electrons. The molecular weight excluding hydrogens is 829 g/mol. The van der Waals surface area contributed by atoms with Gasteiger partial charge in [-0.3, -0.25) is 14.4 Å². The smallest absolute Gasteiger partial charge is 0.306 e. The van der Waals surface area contributed by atoms with Crippen LogP contribution in [0.25, 0.3) is 0 Å². The Hall–Kier alpha value is -2.89. The lowest BCUT2D eigenvalue weighted by atomic mass is 10.0. The Morgan fingerprint density at radius 1 is 0.313 bits per heavy atom. The number of allylic oxidation sites excluding steroid dienone is 10. The fourth-order valence-corrected chi connectivity index (χ4v) is 8.24. The second-order valence-electron chi connectivity index (χ2n) is 19.2. The van der Waals surface area contributed by atoms with Crippen LogP contribution in [0.1, 0.15) is 290 Å². The zero-order chi connectivity index (χ0) is 48.6. The minimum Gasteiger partial charge on any atom is -0.462 e. The van der Waals surface area contributed by atoms with Crippen LogP contribution in [-0.2, 0) is 28.6 Å². The van der Waals surface area contributed by atoms with Crippen molar-refractivity contribution in [1.82, 2.24) is 0 Å². The zero-order valence-corrected chi connectivity index (χ0v) is 44.4. The molecule has 67 heavy (non-hydrogen) atoms. The van der Waals surface area contributed by atoms with Crippen LogP contribution >= 0.6 is 0 Å². The Morgan fingerprint density at radius 3 is 0.910 bits per heavy atom. The van der Waals surface area contributed by atoms with E-state index in [9.17, 15) is 14.4 Å². The van der Waals surface area contributed by atoms with Crippen LogP contribution in [0, 0.1) is 0 Å². The van der Waals surface area contributed by atoms with E-state index in [4.69, 9.17) is 14.2 Å². The van der Waals surface area contributed by atoms with Gasteiger partial charge in [-0.05, 0) is 57.8 Å². The van der Waals surface area contributed by atoms with E-state index in [2.05, 4.69) is 81.5 Å². The molecule has 1 atom stereocenters. The van der Waals surface area contributed by atoms with Gasteiger partial charge in [0.25, 0.3) is 0 Å². The number of rotatable bonds is 52. The normalized spacial score (nSPS) is 12.5. The number of hydrogen-bond donors (Lipinski definition) is 0. The molecule has 0 rings (SSSR count). The molecule has 6 heteroatoms. The van der Waals surface area contributed by atoms with Crippen molar-refractivity contribution in [3.05, 3.63) is 60.8 Å². The highest BCUT2D eigenvalue weighted by atomic mass is 16.6. The second kappa shape index (κ2) is 55.7. The summed E-state index contributed by atoms with van der Waals surface area (Å²) in [6.45, 7) is 6.52. The van der Waals surface area contributed by atoms with E-state index in [0.717, 1.165) is 77.0 Å². The van der Waals surface area contributed by atoms with Gasteiger partial charge in [0.15, 0.2) is 6.10 Å². The van der Waals surface area contributed by atoms with Gasteiger partial charge in [0.2, 0.25) is 0 Å². The summed E-state index contributed by atoms with van der Waals surface area (Å²) in [7, 11) is 0. The molecule has 0 saturated heterocycles. The first-order chi connectivity index (χ1) is 33.0. The Kier molecular flexibility index (Phi) is 53.3. The lowest BCUT2D eigenvalue weighted by Crippen LogP contribution is -2.30. The molecule has 0 aromatic carbocycles. The van der Waals surface area contributed by atoms with Crippen molar-refractivity contribution >= 4 is 17.9 Å². The molecule has 0 aliphatic rings. The first kappa shape index (κ1) is 64.1. The summed E-state index contributed by atoms with van der Waals surface area (Å²) in [4.78, 5) is 38.1.